The minimum Gasteiger partial charge on any atom is -0.307 e. The van der Waals surface area contributed by atoms with Crippen LogP contribution < -0.4 is 10.6 Å². The molecule has 133 valence electrons. The maximum absolute atomic E-state index is 13.3. The molecule has 7 atom stereocenters. The van der Waals surface area contributed by atoms with Crippen LogP contribution in [0.1, 0.15) is 64.2 Å². The van der Waals surface area contributed by atoms with Gasteiger partial charge < -0.3 is 5.32 Å². The minimum atomic E-state index is -0.246. The van der Waals surface area contributed by atoms with E-state index in [9.17, 15) is 9.59 Å². The minimum absolute atomic E-state index is 0.00479. The third kappa shape index (κ3) is 3.20. The molecule has 0 spiro atoms. The first kappa shape index (κ1) is 16.7. The fourth-order valence-corrected chi connectivity index (χ4v) is 6.03. The molecule has 7 unspecified atom stereocenters. The highest BCUT2D eigenvalue weighted by Crippen LogP contribution is 2.40. The van der Waals surface area contributed by atoms with Gasteiger partial charge in [-0.05, 0) is 55.9 Å². The quantitative estimate of drug-likeness (QED) is 0.833. The van der Waals surface area contributed by atoms with Crippen molar-refractivity contribution in [3.63, 3.8) is 0 Å². The van der Waals surface area contributed by atoms with Gasteiger partial charge in [-0.2, -0.15) is 0 Å². The number of carbonyl (C=O) groups excluding carboxylic acids is 2. The summed E-state index contributed by atoms with van der Waals surface area (Å²) in [5, 5.41) is 6.91. The van der Waals surface area contributed by atoms with Gasteiger partial charge in [0, 0.05) is 0 Å². The van der Waals surface area contributed by atoms with Crippen molar-refractivity contribution in [1.82, 2.24) is 10.6 Å². The molecule has 24 heavy (non-hydrogen) atoms. The predicted octanol–water partition coefficient (Wildman–Crippen LogP) is 2.37. The number of fused-ring (bicyclic) bond motifs is 2. The van der Waals surface area contributed by atoms with Gasteiger partial charge in [-0.1, -0.05) is 38.5 Å². The lowest BCUT2D eigenvalue weighted by molar-refractivity contribution is -0.128. The smallest absolute Gasteiger partial charge is 0.216 e. The van der Waals surface area contributed by atoms with Crippen LogP contribution in [0.4, 0.5) is 0 Å². The summed E-state index contributed by atoms with van der Waals surface area (Å²) in [6.07, 6.45) is 14.1. The summed E-state index contributed by atoms with van der Waals surface area (Å²) in [5.41, 5.74) is 0. The number of carbonyl (C=O) groups is 1. The first-order chi connectivity index (χ1) is 11.8. The van der Waals surface area contributed by atoms with Gasteiger partial charge in [0.2, 0.25) is 6.29 Å². The Morgan fingerprint density at radius 1 is 0.875 bits per heavy atom. The lowest BCUT2D eigenvalue weighted by atomic mass is 9.67. The topological polar surface area (TPSA) is 58.2 Å². The molecule has 1 radical (unpaired) electrons. The first-order valence-corrected chi connectivity index (χ1v) is 10.2. The molecule has 4 nitrogen and oxygen atoms in total. The number of Topliss-reactive ketones (excluding diaryl/α,β-unsaturated/α-hetero) is 1. The van der Waals surface area contributed by atoms with E-state index < -0.39 is 0 Å². The molecule has 2 saturated carbocycles. The summed E-state index contributed by atoms with van der Waals surface area (Å²) in [7, 11) is 0. The van der Waals surface area contributed by atoms with Crippen molar-refractivity contribution >= 4 is 12.1 Å². The molecule has 0 aromatic carbocycles. The second-order valence-electron chi connectivity index (χ2n) is 8.66. The van der Waals surface area contributed by atoms with Crippen molar-refractivity contribution < 1.29 is 9.59 Å². The summed E-state index contributed by atoms with van der Waals surface area (Å²) in [6, 6.07) is -0.382. The maximum Gasteiger partial charge on any atom is 0.216 e. The van der Waals surface area contributed by atoms with Gasteiger partial charge in [0.25, 0.3) is 0 Å². The van der Waals surface area contributed by atoms with Crippen LogP contribution in [0.5, 0.6) is 0 Å². The van der Waals surface area contributed by atoms with Crippen LogP contribution in [0.3, 0.4) is 0 Å². The molecule has 4 rings (SSSR count). The molecule has 2 aliphatic carbocycles. The number of rotatable bonds is 3. The van der Waals surface area contributed by atoms with Crippen molar-refractivity contribution in [2.24, 2.45) is 23.7 Å². The highest BCUT2D eigenvalue weighted by atomic mass is 16.1. The van der Waals surface area contributed by atoms with Crippen LogP contribution >= 0.6 is 0 Å². The maximum atomic E-state index is 13.3. The summed E-state index contributed by atoms with van der Waals surface area (Å²) in [4.78, 5) is 24.5. The van der Waals surface area contributed by atoms with Crippen LogP contribution in [-0.2, 0) is 9.59 Å². The van der Waals surface area contributed by atoms with Gasteiger partial charge in [-0.15, -0.1) is 0 Å². The number of hydrogen-bond acceptors (Lipinski definition) is 4. The first-order valence-electron chi connectivity index (χ1n) is 10.2. The van der Waals surface area contributed by atoms with Crippen LogP contribution in [-0.4, -0.2) is 36.7 Å². The van der Waals surface area contributed by atoms with E-state index in [1.54, 1.807) is 0 Å². The molecule has 2 N–H and O–H groups in total. The van der Waals surface area contributed by atoms with E-state index in [2.05, 4.69) is 16.9 Å². The van der Waals surface area contributed by atoms with Crippen molar-refractivity contribution in [2.45, 2.75) is 82.3 Å². The monoisotopic (exact) mass is 331 g/mol. The average Bonchev–Trinajstić information content (AvgIpc) is 2.66. The van der Waals surface area contributed by atoms with Gasteiger partial charge in [0.1, 0.15) is 0 Å². The van der Waals surface area contributed by atoms with Crippen molar-refractivity contribution in [1.29, 1.82) is 0 Å². The number of nitrogens with one attached hydrogen (secondary N) is 2. The number of piperidine rings is 2. The molecule has 0 aromatic rings. The van der Waals surface area contributed by atoms with Gasteiger partial charge in [-0.25, -0.2) is 0 Å². The van der Waals surface area contributed by atoms with Gasteiger partial charge in [0.05, 0.1) is 18.1 Å². The zero-order chi connectivity index (χ0) is 16.5. The SMILES string of the molecule is O=[C]C1CC2CCCCC2C(C(=O)C2CC3CCCCC3CN2)N1. The van der Waals surface area contributed by atoms with E-state index in [4.69, 9.17) is 0 Å². The predicted molar refractivity (Wildman–Crippen MR) is 93.3 cm³/mol. The lowest BCUT2D eigenvalue weighted by Crippen LogP contribution is -2.61. The average molecular weight is 331 g/mol. The normalized spacial score (nSPS) is 45.8. The molecule has 0 bridgehead atoms. The third-order valence-corrected chi connectivity index (χ3v) is 7.34. The summed E-state index contributed by atoms with van der Waals surface area (Å²) in [6.45, 7) is 1.01. The number of ketones is 1. The molecule has 4 heteroatoms. The highest BCUT2D eigenvalue weighted by Gasteiger charge is 2.45. The highest BCUT2D eigenvalue weighted by molar-refractivity contribution is 5.90. The molecule has 2 aliphatic heterocycles. The fourth-order valence-electron chi connectivity index (χ4n) is 6.03. The molecule has 4 fully saturated rings. The van der Waals surface area contributed by atoms with Gasteiger partial charge in [-0.3, -0.25) is 14.9 Å². The van der Waals surface area contributed by atoms with E-state index >= 15 is 0 Å². The van der Waals surface area contributed by atoms with Crippen LogP contribution in [0.15, 0.2) is 0 Å². The standard InChI is InChI=1S/C20H31N2O2/c23-12-16-9-14-6-3-4-8-17(14)19(22-16)20(24)18-10-13-5-1-2-7-15(13)11-21-18/h13-19,21-22H,1-11H2. The summed E-state index contributed by atoms with van der Waals surface area (Å²) in [5.74, 6) is 2.80. The Balaban J connectivity index is 1.46. The van der Waals surface area contributed by atoms with Gasteiger partial charge >= 0.3 is 0 Å². The van der Waals surface area contributed by atoms with Crippen molar-refractivity contribution in [2.75, 3.05) is 6.54 Å². The van der Waals surface area contributed by atoms with E-state index in [1.165, 1.54) is 44.9 Å². The molecule has 4 aliphatic rings. The Kier molecular flexibility index (Phi) is 5.05. The molecule has 0 amide bonds. The molecular weight excluding hydrogens is 300 g/mol. The van der Waals surface area contributed by atoms with E-state index in [-0.39, 0.29) is 18.1 Å². The largest absolute Gasteiger partial charge is 0.307 e. The zero-order valence-electron chi connectivity index (χ0n) is 14.6. The lowest BCUT2D eigenvalue weighted by Gasteiger charge is -2.46. The van der Waals surface area contributed by atoms with Crippen molar-refractivity contribution in [3.05, 3.63) is 0 Å². The molecule has 0 aromatic heterocycles. The number of hydrogen-bond donors (Lipinski definition) is 2. The Labute approximate surface area is 145 Å². The van der Waals surface area contributed by atoms with Crippen LogP contribution in [0.25, 0.3) is 0 Å². The van der Waals surface area contributed by atoms with E-state index in [0.717, 1.165) is 37.6 Å². The van der Waals surface area contributed by atoms with Gasteiger partial charge in [0.15, 0.2) is 5.78 Å². The Morgan fingerprint density at radius 3 is 2.38 bits per heavy atom. The Hall–Kier alpha value is -0.740. The van der Waals surface area contributed by atoms with E-state index in [0.29, 0.717) is 17.6 Å². The molecular formula is C20H31N2O2. The van der Waals surface area contributed by atoms with Crippen LogP contribution in [0, 0.1) is 23.7 Å². The Bertz CT molecular complexity index is 480. The summed E-state index contributed by atoms with van der Waals surface area (Å²) < 4.78 is 0. The zero-order valence-corrected chi connectivity index (χ0v) is 14.6. The van der Waals surface area contributed by atoms with E-state index in [1.807, 2.05) is 0 Å². The molecule has 2 heterocycles. The van der Waals surface area contributed by atoms with Crippen molar-refractivity contribution in [3.8, 4) is 0 Å². The second-order valence-corrected chi connectivity index (χ2v) is 8.66. The van der Waals surface area contributed by atoms with Crippen LogP contribution in [0.2, 0.25) is 0 Å². The fraction of sp³-hybridized carbons (Fsp3) is 0.900. The second kappa shape index (κ2) is 7.25. The molecule has 2 saturated heterocycles. The Morgan fingerprint density at radius 2 is 1.58 bits per heavy atom. The summed E-state index contributed by atoms with van der Waals surface area (Å²) >= 11 is 0. The third-order valence-electron chi connectivity index (χ3n) is 7.34.